The number of para-hydroxylation sites is 2. The van der Waals surface area contributed by atoms with Gasteiger partial charge in [0.1, 0.15) is 12.1 Å². The van der Waals surface area contributed by atoms with Crippen molar-refractivity contribution in [3.05, 3.63) is 60.7 Å². The Hall–Kier alpha value is -2.21. The van der Waals surface area contributed by atoms with Crippen LogP contribution in [0.2, 0.25) is 0 Å². The number of pyridine rings is 1. The van der Waals surface area contributed by atoms with Gasteiger partial charge >= 0.3 is 0 Å². The second-order valence-corrected chi connectivity index (χ2v) is 5.95. The van der Waals surface area contributed by atoms with E-state index >= 15 is 0 Å². The molecule has 1 aromatic carbocycles. The van der Waals surface area contributed by atoms with Gasteiger partial charge in [-0.3, -0.25) is 4.98 Å². The number of fused-ring (bicyclic) bond motifs is 1. The molecule has 0 bridgehead atoms. The van der Waals surface area contributed by atoms with Crippen molar-refractivity contribution in [3.63, 3.8) is 0 Å². The van der Waals surface area contributed by atoms with Gasteiger partial charge in [-0.2, -0.15) is 0 Å². The zero-order valence-electron chi connectivity index (χ0n) is 9.97. The molecule has 5 nitrogen and oxygen atoms in total. The predicted octanol–water partition coefficient (Wildman–Crippen LogP) is 1.81. The molecule has 0 N–H and O–H groups in total. The summed E-state index contributed by atoms with van der Waals surface area (Å²) in [5.41, 5.74) is 1.76. The summed E-state index contributed by atoms with van der Waals surface area (Å²) in [7, 11) is -3.50. The molecule has 0 spiro atoms. The van der Waals surface area contributed by atoms with Gasteiger partial charge in [-0.25, -0.2) is 17.4 Å². The van der Waals surface area contributed by atoms with Gasteiger partial charge < -0.3 is 0 Å². The van der Waals surface area contributed by atoms with E-state index in [1.54, 1.807) is 42.6 Å². The summed E-state index contributed by atoms with van der Waals surface area (Å²) in [5.74, 6) is -0.145. The molecule has 0 fully saturated rings. The zero-order chi connectivity index (χ0) is 13.3. The molecule has 19 heavy (non-hydrogen) atoms. The Morgan fingerprint density at radius 1 is 1.00 bits per heavy atom. The third kappa shape index (κ3) is 2.22. The highest BCUT2D eigenvalue weighted by molar-refractivity contribution is 7.89. The van der Waals surface area contributed by atoms with Crippen LogP contribution in [0.5, 0.6) is 0 Å². The average Bonchev–Trinajstić information content (AvgIpc) is 2.84. The van der Waals surface area contributed by atoms with Crippen LogP contribution < -0.4 is 0 Å². The smallest absolute Gasteiger partial charge is 0.246 e. The Balaban J connectivity index is 2.05. The number of hydrogen-bond donors (Lipinski definition) is 0. The van der Waals surface area contributed by atoms with Crippen LogP contribution >= 0.6 is 0 Å². The lowest BCUT2D eigenvalue weighted by Gasteiger charge is -2.05. The quantitative estimate of drug-likeness (QED) is 0.730. The first kappa shape index (κ1) is 11.9. The van der Waals surface area contributed by atoms with E-state index in [1.807, 2.05) is 6.07 Å². The lowest BCUT2D eigenvalue weighted by Crippen LogP contribution is -2.14. The first-order valence-corrected chi connectivity index (χ1v) is 7.33. The molecule has 96 valence electrons. The van der Waals surface area contributed by atoms with Crippen LogP contribution in [0.1, 0.15) is 5.69 Å². The molecule has 0 aliphatic heterocycles. The van der Waals surface area contributed by atoms with Crippen LogP contribution in [0.25, 0.3) is 11.0 Å². The van der Waals surface area contributed by atoms with E-state index in [2.05, 4.69) is 9.97 Å². The van der Waals surface area contributed by atoms with Gasteiger partial charge in [-0.05, 0) is 24.3 Å². The molecule has 0 aliphatic carbocycles. The number of rotatable bonds is 3. The van der Waals surface area contributed by atoms with Crippen molar-refractivity contribution in [3.8, 4) is 0 Å². The summed E-state index contributed by atoms with van der Waals surface area (Å²) in [6.07, 6.45) is 2.92. The molecule has 0 radical (unpaired) electrons. The van der Waals surface area contributed by atoms with Crippen molar-refractivity contribution in [2.24, 2.45) is 0 Å². The minimum Gasteiger partial charge on any atom is -0.260 e. The number of benzene rings is 1. The molecule has 0 atom stereocenters. The molecule has 3 rings (SSSR count). The molecular weight excluding hydrogens is 262 g/mol. The third-order valence-electron chi connectivity index (χ3n) is 2.78. The minimum atomic E-state index is -3.50. The van der Waals surface area contributed by atoms with Crippen molar-refractivity contribution in [2.75, 3.05) is 0 Å². The fourth-order valence-electron chi connectivity index (χ4n) is 1.90. The van der Waals surface area contributed by atoms with Gasteiger partial charge in [0, 0.05) is 6.20 Å². The predicted molar refractivity (Wildman–Crippen MR) is 72.0 cm³/mol. The fourth-order valence-corrected chi connectivity index (χ4v) is 3.23. The molecule has 2 aromatic heterocycles. The Labute approximate surface area is 110 Å². The van der Waals surface area contributed by atoms with Crippen LogP contribution in [0.4, 0.5) is 0 Å². The van der Waals surface area contributed by atoms with Gasteiger partial charge in [0.15, 0.2) is 0 Å². The maximum Gasteiger partial charge on any atom is 0.246 e. The van der Waals surface area contributed by atoms with Gasteiger partial charge in [0.25, 0.3) is 0 Å². The van der Waals surface area contributed by atoms with Crippen LogP contribution in [0.3, 0.4) is 0 Å². The summed E-state index contributed by atoms with van der Waals surface area (Å²) in [6.45, 7) is 0. The molecule has 2 heterocycles. The largest absolute Gasteiger partial charge is 0.260 e. The second-order valence-electron chi connectivity index (χ2n) is 4.11. The number of imidazole rings is 1. The molecule has 0 saturated heterocycles. The number of nitrogens with zero attached hydrogens (tertiary/aromatic N) is 3. The minimum absolute atomic E-state index is 0.145. The highest BCUT2D eigenvalue weighted by Crippen LogP contribution is 2.16. The maximum absolute atomic E-state index is 12.4. The van der Waals surface area contributed by atoms with Crippen molar-refractivity contribution in [1.82, 2.24) is 13.9 Å². The molecule has 0 unspecified atom stereocenters. The Kier molecular flexibility index (Phi) is 2.79. The monoisotopic (exact) mass is 273 g/mol. The topological polar surface area (TPSA) is 64.8 Å². The van der Waals surface area contributed by atoms with Crippen LogP contribution in [0.15, 0.2) is 55.0 Å². The first-order valence-electron chi connectivity index (χ1n) is 5.72. The van der Waals surface area contributed by atoms with E-state index < -0.39 is 10.0 Å². The van der Waals surface area contributed by atoms with Crippen molar-refractivity contribution in [2.45, 2.75) is 5.75 Å². The van der Waals surface area contributed by atoms with Gasteiger partial charge in [-0.1, -0.05) is 18.2 Å². The fraction of sp³-hybridized carbons (Fsp3) is 0.0769. The first-order chi connectivity index (χ1) is 9.17. The average molecular weight is 273 g/mol. The third-order valence-corrected chi connectivity index (χ3v) is 4.33. The van der Waals surface area contributed by atoms with Crippen LogP contribution in [0, 0.1) is 0 Å². The summed E-state index contributed by atoms with van der Waals surface area (Å²) >= 11 is 0. The standard InChI is InChI=1S/C13H11N3O2S/c17-19(18,9-11-5-3-4-8-14-11)16-10-15-12-6-1-2-7-13(12)16/h1-8,10H,9H2. The van der Waals surface area contributed by atoms with E-state index in [-0.39, 0.29) is 5.75 Å². The molecule has 0 saturated carbocycles. The van der Waals surface area contributed by atoms with E-state index in [0.717, 1.165) is 0 Å². The molecule has 3 aromatic rings. The van der Waals surface area contributed by atoms with E-state index in [0.29, 0.717) is 16.7 Å². The number of hydrogen-bond acceptors (Lipinski definition) is 4. The second kappa shape index (κ2) is 4.47. The Morgan fingerprint density at radius 2 is 1.79 bits per heavy atom. The lowest BCUT2D eigenvalue weighted by molar-refractivity contribution is 0.587. The van der Waals surface area contributed by atoms with E-state index in [9.17, 15) is 8.42 Å². The van der Waals surface area contributed by atoms with Gasteiger partial charge in [0.05, 0.1) is 16.7 Å². The molecule has 0 aliphatic rings. The van der Waals surface area contributed by atoms with Crippen LogP contribution in [-0.4, -0.2) is 22.4 Å². The Morgan fingerprint density at radius 3 is 2.58 bits per heavy atom. The van der Waals surface area contributed by atoms with Gasteiger partial charge in [0.2, 0.25) is 10.0 Å². The molecule has 0 amide bonds. The zero-order valence-corrected chi connectivity index (χ0v) is 10.8. The van der Waals surface area contributed by atoms with Crippen molar-refractivity contribution < 1.29 is 8.42 Å². The SMILES string of the molecule is O=S(=O)(Cc1ccccn1)n1cnc2ccccc21. The molecular formula is C13H11N3O2S. The number of aromatic nitrogens is 3. The van der Waals surface area contributed by atoms with Crippen LogP contribution in [-0.2, 0) is 15.8 Å². The van der Waals surface area contributed by atoms with E-state index in [1.165, 1.54) is 10.3 Å². The summed E-state index contributed by atoms with van der Waals surface area (Å²) in [4.78, 5) is 8.13. The summed E-state index contributed by atoms with van der Waals surface area (Å²) in [6, 6.07) is 12.3. The van der Waals surface area contributed by atoms with E-state index in [4.69, 9.17) is 0 Å². The highest BCUT2D eigenvalue weighted by Gasteiger charge is 2.17. The normalized spacial score (nSPS) is 11.8. The Bertz CT molecular complexity index is 810. The van der Waals surface area contributed by atoms with Crippen molar-refractivity contribution >= 4 is 21.1 Å². The van der Waals surface area contributed by atoms with Gasteiger partial charge in [-0.15, -0.1) is 0 Å². The summed E-state index contributed by atoms with van der Waals surface area (Å²) < 4.78 is 25.9. The van der Waals surface area contributed by atoms with Crippen molar-refractivity contribution in [1.29, 1.82) is 0 Å². The summed E-state index contributed by atoms with van der Waals surface area (Å²) in [5, 5.41) is 0. The maximum atomic E-state index is 12.4. The molecule has 6 heteroatoms. The lowest BCUT2D eigenvalue weighted by atomic mass is 10.3. The highest BCUT2D eigenvalue weighted by atomic mass is 32.2.